The van der Waals surface area contributed by atoms with Crippen LogP contribution in [0.15, 0.2) is 59.1 Å². The Morgan fingerprint density at radius 2 is 1.36 bits per heavy atom. The first-order valence-corrected chi connectivity index (χ1v) is 14.7. The zero-order valence-electron chi connectivity index (χ0n) is 21.0. The minimum absolute atomic E-state index is 0. The van der Waals surface area contributed by atoms with E-state index < -0.39 is 23.1 Å². The SMILES string of the molecule is CC=C=C=C=C=C(O)/C=C/C(C)(OO)C(=O)OC.COC(=O)C(C)(/C=C/CO)OO.II.[CH3-].[CH3-].[U].[V]. The van der Waals surface area contributed by atoms with Gasteiger partial charge in [0.2, 0.25) is 11.2 Å². The predicted octanol–water partition coefficient (Wildman–Crippen LogP) is 4.67. The summed E-state index contributed by atoms with van der Waals surface area (Å²) in [6, 6.07) is 0. The average molecular weight is 999 g/mol. The molecule has 0 heterocycles. The van der Waals surface area contributed by atoms with E-state index >= 15 is 0 Å². The number of ether oxygens (including phenoxy) is 2. The van der Waals surface area contributed by atoms with E-state index in [4.69, 9.17) is 15.6 Å². The second-order valence-electron chi connectivity index (χ2n) is 5.49. The summed E-state index contributed by atoms with van der Waals surface area (Å²) < 4.78 is 8.77. The standard InChI is InChI=1S/C13H14O5.C7H12O5.2CH3.I2.U.V/c1-4-5-6-7-8-11(14)9-10-13(2,18-16)12(15)17-3;1-7(12-10,4-3-5-8)6(9)11-2;;;1-2;;/h4,9-10,14,16H,1-3H3;3-4,8,10H,5H2,1-2H3;2*1H3;;;/q;;2*-1;;;/b10-9+;4-3+;;;;;. The molecule has 2 unspecified atom stereocenters. The van der Waals surface area contributed by atoms with Gasteiger partial charge in [-0.15, -0.1) is 0 Å². The van der Waals surface area contributed by atoms with Crippen LogP contribution in [-0.4, -0.2) is 64.7 Å². The Balaban J connectivity index is -0.0000000831. The van der Waals surface area contributed by atoms with E-state index in [1.54, 1.807) is 13.0 Å². The summed E-state index contributed by atoms with van der Waals surface area (Å²) in [5, 5.41) is 34.8. The van der Waals surface area contributed by atoms with Crippen LogP contribution in [0.2, 0.25) is 0 Å². The third kappa shape index (κ3) is 24.3. The van der Waals surface area contributed by atoms with Crippen LogP contribution in [0.5, 0.6) is 0 Å². The number of aliphatic hydroxyl groups excluding tert-OH is 2. The maximum Gasteiger partial charge on any atom is 0.345 e. The predicted molar refractivity (Wildman–Crippen MR) is 145 cm³/mol. The van der Waals surface area contributed by atoms with Gasteiger partial charge in [0.1, 0.15) is 0 Å². The van der Waals surface area contributed by atoms with Crippen LogP contribution < -0.4 is 0 Å². The van der Waals surface area contributed by atoms with Crippen molar-refractivity contribution in [1.82, 2.24) is 0 Å². The second-order valence-corrected chi connectivity index (χ2v) is 5.49. The van der Waals surface area contributed by atoms with Gasteiger partial charge in [0.05, 0.1) is 20.8 Å². The maximum absolute atomic E-state index is 11.3. The molecule has 0 aromatic carbocycles. The van der Waals surface area contributed by atoms with E-state index in [2.05, 4.69) is 79.4 Å². The fourth-order valence-electron chi connectivity index (χ4n) is 1.44. The normalized spacial score (nSPS) is 11.7. The van der Waals surface area contributed by atoms with Crippen molar-refractivity contribution in [2.24, 2.45) is 0 Å². The van der Waals surface area contributed by atoms with Gasteiger partial charge < -0.3 is 34.5 Å². The Labute approximate surface area is 272 Å². The number of methoxy groups -OCH3 is 2. The van der Waals surface area contributed by atoms with Crippen LogP contribution in [0, 0.1) is 46.0 Å². The van der Waals surface area contributed by atoms with Crippen molar-refractivity contribution >= 4 is 49.2 Å². The number of aliphatic hydroxyl groups is 2. The van der Waals surface area contributed by atoms with Gasteiger partial charge >= 0.3 is 11.9 Å². The summed E-state index contributed by atoms with van der Waals surface area (Å²) in [6.45, 7) is 4.08. The van der Waals surface area contributed by atoms with Crippen molar-refractivity contribution in [2.45, 2.75) is 32.0 Å². The molecule has 0 saturated heterocycles. The zero-order valence-corrected chi connectivity index (χ0v) is 30.9. The van der Waals surface area contributed by atoms with E-state index in [1.165, 1.54) is 33.1 Å². The van der Waals surface area contributed by atoms with E-state index in [9.17, 15) is 14.7 Å². The number of hydrogen-bond acceptors (Lipinski definition) is 10. The third-order valence-corrected chi connectivity index (χ3v) is 3.13. The number of allylic oxidation sites excluding steroid dienone is 2. The summed E-state index contributed by atoms with van der Waals surface area (Å²) in [5.41, 5.74) is 6.50. The number of rotatable bonds is 8. The number of carbonyl (C=O) groups is 2. The van der Waals surface area contributed by atoms with Crippen molar-refractivity contribution in [3.05, 3.63) is 73.9 Å². The number of carbonyl (C=O) groups excluding carboxylic acids is 2. The minimum atomic E-state index is -1.70. The fourth-order valence-corrected chi connectivity index (χ4v) is 1.44. The largest absolute Gasteiger partial charge is 0.501 e. The molecule has 0 amide bonds. The number of halogens is 2. The molecule has 0 aromatic heterocycles. The Morgan fingerprint density at radius 1 is 0.944 bits per heavy atom. The van der Waals surface area contributed by atoms with Crippen LogP contribution in [0.25, 0.3) is 0 Å². The molecule has 0 rings (SSSR count). The summed E-state index contributed by atoms with van der Waals surface area (Å²) >= 11 is 4.24. The first-order chi connectivity index (χ1) is 15.1. The van der Waals surface area contributed by atoms with Gasteiger partial charge in [0, 0.05) is 86.9 Å². The second kappa shape index (κ2) is 33.0. The summed E-state index contributed by atoms with van der Waals surface area (Å²) in [4.78, 5) is 30.1. The van der Waals surface area contributed by atoms with E-state index in [-0.39, 0.29) is 76.9 Å². The molecule has 205 valence electrons. The van der Waals surface area contributed by atoms with Gasteiger partial charge in [-0.1, -0.05) is 11.8 Å². The first-order valence-electron chi connectivity index (χ1n) is 8.40. The fraction of sp³-hybridized carbons (Fsp3) is 0.364. The monoisotopic (exact) mass is 999 g/mol. The summed E-state index contributed by atoms with van der Waals surface area (Å²) in [6.07, 6.45) is 6.31. The molecule has 0 aliphatic rings. The van der Waals surface area contributed by atoms with Crippen molar-refractivity contribution in [3.63, 3.8) is 0 Å². The smallest absolute Gasteiger partial charge is 0.345 e. The molecular formula is C22H32I2O10UV-2. The zero-order chi connectivity index (χ0) is 25.6. The molecule has 0 saturated carbocycles. The molecule has 0 spiro atoms. The molecule has 10 nitrogen and oxygen atoms in total. The molecular weight excluding hydrogens is 967 g/mol. The van der Waals surface area contributed by atoms with Crippen molar-refractivity contribution in [3.8, 4) is 0 Å². The first kappa shape index (κ1) is 52.4. The van der Waals surface area contributed by atoms with E-state index in [0.29, 0.717) is 0 Å². The van der Waals surface area contributed by atoms with Gasteiger partial charge in [-0.2, -0.15) is 0 Å². The number of esters is 2. The van der Waals surface area contributed by atoms with E-state index in [0.717, 1.165) is 19.3 Å². The molecule has 0 fully saturated rings. The van der Waals surface area contributed by atoms with Crippen LogP contribution in [-0.2, 0) is 47.4 Å². The summed E-state index contributed by atoms with van der Waals surface area (Å²) in [5.74, 6) is -1.88. The molecule has 14 heteroatoms. The van der Waals surface area contributed by atoms with Crippen LogP contribution in [0.4, 0.5) is 0 Å². The van der Waals surface area contributed by atoms with E-state index in [1.807, 2.05) is 0 Å². The van der Waals surface area contributed by atoms with Gasteiger partial charge in [0.25, 0.3) is 0 Å². The summed E-state index contributed by atoms with van der Waals surface area (Å²) in [7, 11) is 2.32. The molecule has 0 aliphatic carbocycles. The molecule has 2 atom stereocenters. The van der Waals surface area contributed by atoms with Gasteiger partial charge in [-0.3, -0.25) is 10.5 Å². The van der Waals surface area contributed by atoms with Crippen LogP contribution in [0.1, 0.15) is 20.8 Å². The molecule has 0 aliphatic heterocycles. The van der Waals surface area contributed by atoms with Crippen molar-refractivity contribution in [1.29, 1.82) is 0 Å². The molecule has 36 heavy (non-hydrogen) atoms. The van der Waals surface area contributed by atoms with Crippen molar-refractivity contribution in [2.75, 3.05) is 20.8 Å². The van der Waals surface area contributed by atoms with Crippen LogP contribution in [0.3, 0.4) is 0 Å². The molecule has 4 N–H and O–H groups in total. The Hall–Kier alpha value is -0.0236. The van der Waals surface area contributed by atoms with Gasteiger partial charge in [0.15, 0.2) is 5.76 Å². The minimum Gasteiger partial charge on any atom is -0.501 e. The average Bonchev–Trinajstić information content (AvgIpc) is 2.84. The third-order valence-electron chi connectivity index (χ3n) is 3.13. The van der Waals surface area contributed by atoms with Crippen LogP contribution >= 0.6 is 37.2 Å². The van der Waals surface area contributed by atoms with Gasteiger partial charge in [-0.25, -0.2) is 19.4 Å². The van der Waals surface area contributed by atoms with Crippen molar-refractivity contribution < 1.29 is 99.2 Å². The van der Waals surface area contributed by atoms with Gasteiger partial charge in [-0.05, 0) is 62.3 Å². The maximum atomic E-state index is 11.3. The molecule has 1 radical (unpaired) electrons. The molecule has 0 bridgehead atoms. The Kier molecular flexibility index (Phi) is 48.1. The quantitative estimate of drug-likeness (QED) is 0.0311. The number of hydrogen-bond donors (Lipinski definition) is 4. The topological polar surface area (TPSA) is 152 Å². The Bertz CT molecular complexity index is 812. The molecule has 0 aromatic rings. The Morgan fingerprint density at radius 3 is 1.69 bits per heavy atom.